The largest absolute Gasteiger partial charge is 0.493 e. The highest BCUT2D eigenvalue weighted by atomic mass is 16.5. The van der Waals surface area contributed by atoms with Crippen LogP contribution in [0.5, 0.6) is 11.5 Å². The highest BCUT2D eigenvalue weighted by Crippen LogP contribution is 2.29. The molecular formula is C21H25NO6. The molecule has 0 bridgehead atoms. The molecule has 1 amide bonds. The van der Waals surface area contributed by atoms with E-state index in [4.69, 9.17) is 18.6 Å². The molecule has 28 heavy (non-hydrogen) atoms. The first-order valence-electron chi connectivity index (χ1n) is 8.91. The van der Waals surface area contributed by atoms with Crippen LogP contribution in [0.15, 0.2) is 47.1 Å². The molecule has 2 rings (SSSR count). The van der Waals surface area contributed by atoms with Crippen LogP contribution in [0.1, 0.15) is 38.1 Å². The lowest BCUT2D eigenvalue weighted by atomic mass is 10.2. The number of nitrogens with one attached hydrogen (secondary N) is 1. The summed E-state index contributed by atoms with van der Waals surface area (Å²) in [6.45, 7) is 5.25. The number of carbonyl (C=O) groups excluding carboxylic acids is 2. The SMILES string of the molecule is COc1cc(/C=C/C(=O)OCC(=O)N[C@@H](C)c2ccco2)ccc1OC(C)C. The summed E-state index contributed by atoms with van der Waals surface area (Å²) in [5.41, 5.74) is 0.737. The van der Waals surface area contributed by atoms with E-state index in [0.29, 0.717) is 17.3 Å². The van der Waals surface area contributed by atoms with E-state index in [2.05, 4.69) is 5.32 Å². The Bertz CT molecular complexity index is 810. The summed E-state index contributed by atoms with van der Waals surface area (Å²) >= 11 is 0. The number of furan rings is 1. The quantitative estimate of drug-likeness (QED) is 0.523. The average Bonchev–Trinajstić information content (AvgIpc) is 3.20. The van der Waals surface area contributed by atoms with Crippen LogP contribution in [0.3, 0.4) is 0 Å². The zero-order chi connectivity index (χ0) is 20.5. The molecule has 0 fully saturated rings. The smallest absolute Gasteiger partial charge is 0.331 e. The van der Waals surface area contributed by atoms with Crippen molar-refractivity contribution in [1.29, 1.82) is 0 Å². The van der Waals surface area contributed by atoms with E-state index in [9.17, 15) is 9.59 Å². The molecule has 0 aliphatic carbocycles. The van der Waals surface area contributed by atoms with E-state index in [1.165, 1.54) is 12.3 Å². The fourth-order valence-electron chi connectivity index (χ4n) is 2.38. The first-order valence-corrected chi connectivity index (χ1v) is 8.91. The zero-order valence-electron chi connectivity index (χ0n) is 16.4. The molecule has 0 aliphatic heterocycles. The van der Waals surface area contributed by atoms with E-state index in [1.54, 1.807) is 50.4 Å². The minimum absolute atomic E-state index is 0.0203. The second-order valence-electron chi connectivity index (χ2n) is 6.32. The standard InChI is InChI=1S/C21H25NO6/c1-14(2)28-18-9-7-16(12-19(18)25-4)8-10-21(24)27-13-20(23)22-15(3)17-6-5-11-26-17/h5-12,14-15H,13H2,1-4H3,(H,22,23)/b10-8+/t15-/m0/s1. The minimum Gasteiger partial charge on any atom is -0.493 e. The molecule has 0 aliphatic rings. The Morgan fingerprint density at radius 1 is 1.18 bits per heavy atom. The van der Waals surface area contributed by atoms with Crippen LogP contribution in [0.4, 0.5) is 0 Å². The lowest BCUT2D eigenvalue weighted by Crippen LogP contribution is -2.30. The Hall–Kier alpha value is -3.22. The van der Waals surface area contributed by atoms with Crippen molar-refractivity contribution >= 4 is 18.0 Å². The zero-order valence-corrected chi connectivity index (χ0v) is 16.4. The van der Waals surface area contributed by atoms with Gasteiger partial charge in [-0.1, -0.05) is 6.07 Å². The summed E-state index contributed by atoms with van der Waals surface area (Å²) < 4.78 is 21.1. The van der Waals surface area contributed by atoms with Gasteiger partial charge in [0.1, 0.15) is 5.76 Å². The van der Waals surface area contributed by atoms with E-state index in [0.717, 1.165) is 5.56 Å². The van der Waals surface area contributed by atoms with Gasteiger partial charge in [-0.15, -0.1) is 0 Å². The summed E-state index contributed by atoms with van der Waals surface area (Å²) in [6.07, 6.45) is 4.38. The van der Waals surface area contributed by atoms with E-state index in [1.807, 2.05) is 13.8 Å². The maximum atomic E-state index is 11.9. The van der Waals surface area contributed by atoms with Gasteiger partial charge in [0, 0.05) is 6.08 Å². The molecule has 1 aromatic heterocycles. The number of methoxy groups -OCH3 is 1. The molecule has 0 saturated carbocycles. The van der Waals surface area contributed by atoms with Crippen molar-refractivity contribution in [2.45, 2.75) is 32.9 Å². The van der Waals surface area contributed by atoms with Gasteiger partial charge in [0.05, 0.1) is 25.5 Å². The molecule has 1 atom stereocenters. The summed E-state index contributed by atoms with van der Waals surface area (Å²) in [6, 6.07) is 8.50. The number of esters is 1. The molecule has 0 unspecified atom stereocenters. The average molecular weight is 387 g/mol. The molecule has 0 radical (unpaired) electrons. The molecule has 0 saturated heterocycles. The monoisotopic (exact) mass is 387 g/mol. The van der Waals surface area contributed by atoms with Crippen molar-refractivity contribution in [1.82, 2.24) is 5.32 Å². The van der Waals surface area contributed by atoms with Gasteiger partial charge < -0.3 is 23.9 Å². The highest BCUT2D eigenvalue weighted by Gasteiger charge is 2.13. The third kappa shape index (κ3) is 6.50. The second-order valence-corrected chi connectivity index (χ2v) is 6.32. The fraction of sp³-hybridized carbons (Fsp3) is 0.333. The third-order valence-electron chi connectivity index (χ3n) is 3.66. The Labute approximate surface area is 164 Å². The van der Waals surface area contributed by atoms with Crippen molar-refractivity contribution in [3.63, 3.8) is 0 Å². The Morgan fingerprint density at radius 3 is 2.61 bits per heavy atom. The number of hydrogen-bond donors (Lipinski definition) is 1. The van der Waals surface area contributed by atoms with Gasteiger partial charge >= 0.3 is 5.97 Å². The molecule has 1 heterocycles. The first-order chi connectivity index (χ1) is 13.4. The molecule has 7 nitrogen and oxygen atoms in total. The van der Waals surface area contributed by atoms with Crippen molar-refractivity contribution < 1.29 is 28.2 Å². The van der Waals surface area contributed by atoms with Crippen LogP contribution in [-0.2, 0) is 14.3 Å². The summed E-state index contributed by atoms with van der Waals surface area (Å²) in [7, 11) is 1.55. The predicted octanol–water partition coefficient (Wildman–Crippen LogP) is 3.51. The summed E-state index contributed by atoms with van der Waals surface area (Å²) in [5, 5.41) is 2.68. The lowest BCUT2D eigenvalue weighted by Gasteiger charge is -2.13. The maximum Gasteiger partial charge on any atom is 0.331 e. The topological polar surface area (TPSA) is 87.0 Å². The number of hydrogen-bond acceptors (Lipinski definition) is 6. The van der Waals surface area contributed by atoms with E-state index < -0.39 is 11.9 Å². The minimum atomic E-state index is -0.623. The summed E-state index contributed by atoms with van der Waals surface area (Å²) in [5.74, 6) is 0.776. The number of carbonyl (C=O) groups is 2. The van der Waals surface area contributed by atoms with Gasteiger partial charge in [-0.25, -0.2) is 4.79 Å². The number of rotatable bonds is 9. The predicted molar refractivity (Wildman–Crippen MR) is 104 cm³/mol. The van der Waals surface area contributed by atoms with Gasteiger partial charge in [-0.05, 0) is 56.7 Å². The molecule has 0 spiro atoms. The van der Waals surface area contributed by atoms with Crippen LogP contribution in [0.2, 0.25) is 0 Å². The normalized spacial score (nSPS) is 12.0. The van der Waals surface area contributed by atoms with E-state index >= 15 is 0 Å². The van der Waals surface area contributed by atoms with Crippen molar-refractivity contribution in [3.8, 4) is 11.5 Å². The second kappa shape index (κ2) is 10.2. The van der Waals surface area contributed by atoms with Crippen molar-refractivity contribution in [2.75, 3.05) is 13.7 Å². The lowest BCUT2D eigenvalue weighted by molar-refractivity contribution is -0.144. The highest BCUT2D eigenvalue weighted by molar-refractivity contribution is 5.89. The fourth-order valence-corrected chi connectivity index (χ4v) is 2.38. The Balaban J connectivity index is 1.85. The van der Waals surface area contributed by atoms with Gasteiger partial charge in [0.25, 0.3) is 5.91 Å². The molecule has 1 aromatic carbocycles. The number of ether oxygens (including phenoxy) is 3. The third-order valence-corrected chi connectivity index (χ3v) is 3.66. The molecule has 150 valence electrons. The van der Waals surface area contributed by atoms with Gasteiger partial charge in [0.2, 0.25) is 0 Å². The molecule has 2 aromatic rings. The maximum absolute atomic E-state index is 11.9. The number of benzene rings is 1. The summed E-state index contributed by atoms with van der Waals surface area (Å²) in [4.78, 5) is 23.7. The molecular weight excluding hydrogens is 362 g/mol. The Kier molecular flexibility index (Phi) is 7.68. The first kappa shape index (κ1) is 21.1. The van der Waals surface area contributed by atoms with Crippen LogP contribution in [-0.4, -0.2) is 31.7 Å². The van der Waals surface area contributed by atoms with Crippen molar-refractivity contribution in [2.24, 2.45) is 0 Å². The van der Waals surface area contributed by atoms with Crippen LogP contribution in [0, 0.1) is 0 Å². The van der Waals surface area contributed by atoms with Crippen molar-refractivity contribution in [3.05, 3.63) is 54.0 Å². The van der Waals surface area contributed by atoms with Crippen LogP contribution in [0.25, 0.3) is 6.08 Å². The van der Waals surface area contributed by atoms with Crippen LogP contribution >= 0.6 is 0 Å². The van der Waals surface area contributed by atoms with Crippen LogP contribution < -0.4 is 14.8 Å². The van der Waals surface area contributed by atoms with E-state index in [-0.39, 0.29) is 18.8 Å². The Morgan fingerprint density at radius 2 is 1.96 bits per heavy atom. The number of amides is 1. The molecule has 1 N–H and O–H groups in total. The van der Waals surface area contributed by atoms with Gasteiger partial charge in [-0.2, -0.15) is 0 Å². The van der Waals surface area contributed by atoms with Gasteiger partial charge in [-0.3, -0.25) is 4.79 Å². The van der Waals surface area contributed by atoms with Gasteiger partial charge in [0.15, 0.2) is 18.1 Å². The molecule has 7 heteroatoms.